The largest absolute Gasteiger partial charge is 0.495 e. The van der Waals surface area contributed by atoms with Crippen LogP contribution in [0.1, 0.15) is 24.1 Å². The summed E-state index contributed by atoms with van der Waals surface area (Å²) in [6, 6.07) is 17.5. The summed E-state index contributed by atoms with van der Waals surface area (Å²) < 4.78 is 18.7. The maximum Gasteiger partial charge on any atom is 0.255 e. The third-order valence-corrected chi connectivity index (χ3v) is 6.83. The molecule has 11 heteroatoms. The Bertz CT molecular complexity index is 1550. The monoisotopic (exact) mass is 565 g/mol. The molecule has 39 heavy (non-hydrogen) atoms. The lowest BCUT2D eigenvalue weighted by Crippen LogP contribution is -2.31. The van der Waals surface area contributed by atoms with Gasteiger partial charge in [-0.25, -0.2) is 4.68 Å². The quantitative estimate of drug-likeness (QED) is 0.266. The van der Waals surface area contributed by atoms with Crippen LogP contribution in [-0.4, -0.2) is 34.9 Å². The lowest BCUT2D eigenvalue weighted by Gasteiger charge is -2.30. The van der Waals surface area contributed by atoms with E-state index in [9.17, 15) is 4.79 Å². The molecular formula is C28H25Cl2N5O4. The van der Waals surface area contributed by atoms with E-state index in [0.717, 1.165) is 11.1 Å². The summed E-state index contributed by atoms with van der Waals surface area (Å²) in [6.07, 6.45) is 1.44. The van der Waals surface area contributed by atoms with Gasteiger partial charge in [0.25, 0.3) is 5.91 Å². The molecule has 0 saturated heterocycles. The van der Waals surface area contributed by atoms with Crippen molar-refractivity contribution < 1.29 is 19.0 Å². The van der Waals surface area contributed by atoms with Crippen LogP contribution >= 0.6 is 23.2 Å². The van der Waals surface area contributed by atoms with Gasteiger partial charge in [-0.1, -0.05) is 53.5 Å². The molecule has 1 atom stereocenters. The van der Waals surface area contributed by atoms with Gasteiger partial charge in [0.2, 0.25) is 5.95 Å². The van der Waals surface area contributed by atoms with E-state index in [0.29, 0.717) is 56.8 Å². The first-order valence-corrected chi connectivity index (χ1v) is 12.7. The molecule has 1 amide bonds. The lowest BCUT2D eigenvalue weighted by atomic mass is 9.94. The third-order valence-electron chi connectivity index (χ3n) is 6.28. The van der Waals surface area contributed by atoms with Crippen molar-refractivity contribution in [3.05, 3.63) is 99.4 Å². The molecule has 2 heterocycles. The smallest absolute Gasteiger partial charge is 0.255 e. The number of halogens is 2. The number of nitrogens with one attached hydrogen (secondary N) is 2. The van der Waals surface area contributed by atoms with Gasteiger partial charge in [-0.15, -0.1) is 0 Å². The highest BCUT2D eigenvalue weighted by Gasteiger charge is 2.35. The van der Waals surface area contributed by atoms with Crippen molar-refractivity contribution in [3.8, 4) is 17.2 Å². The van der Waals surface area contributed by atoms with E-state index in [2.05, 4.69) is 20.7 Å². The summed E-state index contributed by atoms with van der Waals surface area (Å²) in [5.41, 5.74) is 3.13. The standard InChI is InChI=1S/C28H25Cl2N5O4/c1-16-25(27(36)34-21-13-23(37-2)20(30)12-24(21)38-3)26(35-28(33-16)31-15-32-35)19-6-4-5-7-22(19)39-14-17-8-10-18(29)11-9-17/h4-13,15,26H,14H2,1-3H3,(H,34,36)(H,31,32,33)/t26-/m0/s1. The molecule has 0 unspecified atom stereocenters. The van der Waals surface area contributed by atoms with Crippen molar-refractivity contribution in [2.24, 2.45) is 0 Å². The van der Waals surface area contributed by atoms with Crippen LogP contribution in [0.15, 0.2) is 78.3 Å². The molecule has 5 rings (SSSR count). The molecule has 200 valence electrons. The number of carbonyl (C=O) groups is 1. The SMILES string of the molecule is COc1cc(NC(=O)C2=C(C)Nc3ncnn3[C@H]2c2ccccc2OCc2ccc(Cl)cc2)c(OC)cc1Cl. The molecular weight excluding hydrogens is 541 g/mol. The Morgan fingerprint density at radius 2 is 1.77 bits per heavy atom. The molecule has 0 spiro atoms. The fraction of sp³-hybridized carbons (Fsp3) is 0.179. The van der Waals surface area contributed by atoms with Gasteiger partial charge < -0.3 is 24.8 Å². The summed E-state index contributed by atoms with van der Waals surface area (Å²) in [5, 5.41) is 11.6. The number of amides is 1. The number of rotatable bonds is 8. The Kier molecular flexibility index (Phi) is 7.63. The van der Waals surface area contributed by atoms with Gasteiger partial charge in [0.15, 0.2) is 0 Å². The summed E-state index contributed by atoms with van der Waals surface area (Å²) in [6.45, 7) is 2.13. The van der Waals surface area contributed by atoms with E-state index in [4.69, 9.17) is 37.4 Å². The number of anilines is 2. The molecule has 4 aromatic rings. The third kappa shape index (κ3) is 5.36. The van der Waals surface area contributed by atoms with Gasteiger partial charge in [-0.2, -0.15) is 10.1 Å². The lowest BCUT2D eigenvalue weighted by molar-refractivity contribution is -0.113. The zero-order valence-corrected chi connectivity index (χ0v) is 22.9. The van der Waals surface area contributed by atoms with Crippen molar-refractivity contribution in [3.63, 3.8) is 0 Å². The topological polar surface area (TPSA) is 99.5 Å². The predicted octanol–water partition coefficient (Wildman–Crippen LogP) is 6.11. The number of hydrogen-bond donors (Lipinski definition) is 2. The molecule has 1 aromatic heterocycles. The van der Waals surface area contributed by atoms with Crippen LogP contribution in [-0.2, 0) is 11.4 Å². The number of para-hydroxylation sites is 1. The molecule has 0 saturated carbocycles. The Morgan fingerprint density at radius 3 is 2.51 bits per heavy atom. The van der Waals surface area contributed by atoms with E-state index in [1.54, 1.807) is 16.8 Å². The van der Waals surface area contributed by atoms with E-state index in [1.165, 1.54) is 20.5 Å². The van der Waals surface area contributed by atoms with Crippen LogP contribution in [0, 0.1) is 0 Å². The second-order valence-corrected chi connectivity index (χ2v) is 9.53. The zero-order valence-electron chi connectivity index (χ0n) is 21.4. The zero-order chi connectivity index (χ0) is 27.5. The Balaban J connectivity index is 1.52. The minimum atomic E-state index is -0.634. The van der Waals surface area contributed by atoms with Crippen molar-refractivity contribution in [1.82, 2.24) is 14.8 Å². The summed E-state index contributed by atoms with van der Waals surface area (Å²) in [5.74, 6) is 1.52. The number of nitrogens with zero attached hydrogens (tertiary/aromatic N) is 3. The first kappa shape index (κ1) is 26.4. The van der Waals surface area contributed by atoms with Crippen molar-refractivity contribution in [2.75, 3.05) is 24.9 Å². The number of carbonyl (C=O) groups excluding carboxylic acids is 1. The maximum absolute atomic E-state index is 13.9. The van der Waals surface area contributed by atoms with E-state index in [-0.39, 0.29) is 5.91 Å². The summed E-state index contributed by atoms with van der Waals surface area (Å²) in [7, 11) is 3.00. The average molecular weight is 566 g/mol. The minimum absolute atomic E-state index is 0.315. The minimum Gasteiger partial charge on any atom is -0.495 e. The van der Waals surface area contributed by atoms with Crippen LogP contribution in [0.25, 0.3) is 0 Å². The normalized spacial score (nSPS) is 14.3. The van der Waals surface area contributed by atoms with E-state index >= 15 is 0 Å². The number of allylic oxidation sites excluding steroid dienone is 1. The highest BCUT2D eigenvalue weighted by Crippen LogP contribution is 2.41. The van der Waals surface area contributed by atoms with E-state index < -0.39 is 6.04 Å². The maximum atomic E-state index is 13.9. The van der Waals surface area contributed by atoms with Crippen LogP contribution in [0.5, 0.6) is 17.2 Å². The highest BCUT2D eigenvalue weighted by molar-refractivity contribution is 6.32. The van der Waals surface area contributed by atoms with Crippen LogP contribution < -0.4 is 24.8 Å². The molecule has 9 nitrogen and oxygen atoms in total. The number of methoxy groups -OCH3 is 2. The molecule has 0 bridgehead atoms. The molecule has 0 aliphatic carbocycles. The Morgan fingerprint density at radius 1 is 1.03 bits per heavy atom. The molecule has 1 aliphatic heterocycles. The molecule has 1 aliphatic rings. The van der Waals surface area contributed by atoms with Crippen LogP contribution in [0.4, 0.5) is 11.6 Å². The van der Waals surface area contributed by atoms with Gasteiger partial charge in [-0.3, -0.25) is 4.79 Å². The fourth-order valence-electron chi connectivity index (χ4n) is 4.40. The molecule has 0 radical (unpaired) electrons. The number of fused-ring (bicyclic) bond motifs is 1. The fourth-order valence-corrected chi connectivity index (χ4v) is 4.76. The molecule has 0 fully saturated rings. The average Bonchev–Trinajstić information content (AvgIpc) is 3.41. The molecule has 3 aromatic carbocycles. The van der Waals surface area contributed by atoms with Gasteiger partial charge >= 0.3 is 0 Å². The van der Waals surface area contributed by atoms with Crippen molar-refractivity contribution >= 4 is 40.7 Å². The first-order valence-electron chi connectivity index (χ1n) is 12.0. The van der Waals surface area contributed by atoms with Crippen LogP contribution in [0.2, 0.25) is 10.0 Å². The second kappa shape index (κ2) is 11.3. The van der Waals surface area contributed by atoms with Crippen molar-refractivity contribution in [1.29, 1.82) is 0 Å². The van der Waals surface area contributed by atoms with Gasteiger partial charge in [-0.05, 0) is 30.7 Å². The van der Waals surface area contributed by atoms with Gasteiger partial charge in [0, 0.05) is 28.4 Å². The van der Waals surface area contributed by atoms with Crippen LogP contribution in [0.3, 0.4) is 0 Å². The number of ether oxygens (including phenoxy) is 3. The summed E-state index contributed by atoms with van der Waals surface area (Å²) >= 11 is 12.3. The summed E-state index contributed by atoms with van der Waals surface area (Å²) in [4.78, 5) is 18.2. The first-order chi connectivity index (χ1) is 18.9. The highest BCUT2D eigenvalue weighted by atomic mass is 35.5. The Labute approximate surface area is 235 Å². The van der Waals surface area contributed by atoms with E-state index in [1.807, 2.05) is 55.5 Å². The van der Waals surface area contributed by atoms with Gasteiger partial charge in [0.05, 0.1) is 30.5 Å². The second-order valence-electron chi connectivity index (χ2n) is 8.69. The predicted molar refractivity (Wildman–Crippen MR) is 150 cm³/mol. The number of hydrogen-bond acceptors (Lipinski definition) is 7. The molecule has 2 N–H and O–H groups in total. The van der Waals surface area contributed by atoms with Crippen molar-refractivity contribution in [2.45, 2.75) is 19.6 Å². The Hall–Kier alpha value is -4.21. The number of aromatic nitrogens is 3. The number of benzene rings is 3. The van der Waals surface area contributed by atoms with Gasteiger partial charge in [0.1, 0.15) is 36.2 Å².